The molecule has 0 aromatic heterocycles. The first-order valence-electron chi connectivity index (χ1n) is 6.91. The van der Waals surface area contributed by atoms with Crippen molar-refractivity contribution in [2.75, 3.05) is 24.9 Å². The monoisotopic (exact) mass is 390 g/mol. The SMILES string of the molecule is COc1ccc(OC)c(NC(=S)Nc2ccc(Cl)cc2C(F)(F)F)c1. The number of alkyl halides is 3. The Kier molecular flexibility index (Phi) is 5.97. The zero-order valence-corrected chi connectivity index (χ0v) is 14.8. The molecule has 0 aliphatic heterocycles. The number of rotatable bonds is 4. The summed E-state index contributed by atoms with van der Waals surface area (Å²) in [6, 6.07) is 8.32. The van der Waals surface area contributed by atoms with Crippen LogP contribution in [0.2, 0.25) is 5.02 Å². The van der Waals surface area contributed by atoms with Gasteiger partial charge in [0.2, 0.25) is 0 Å². The highest BCUT2D eigenvalue weighted by Crippen LogP contribution is 2.36. The van der Waals surface area contributed by atoms with Crippen LogP contribution in [0.1, 0.15) is 5.56 Å². The highest BCUT2D eigenvalue weighted by atomic mass is 35.5. The summed E-state index contributed by atoms with van der Waals surface area (Å²) in [5.41, 5.74) is -0.681. The molecule has 134 valence electrons. The molecule has 0 aliphatic carbocycles. The van der Waals surface area contributed by atoms with Crippen LogP contribution in [0, 0.1) is 0 Å². The molecule has 0 bridgehead atoms. The van der Waals surface area contributed by atoms with Crippen LogP contribution in [0.5, 0.6) is 11.5 Å². The molecule has 0 saturated carbocycles. The first-order valence-corrected chi connectivity index (χ1v) is 7.70. The van der Waals surface area contributed by atoms with Crippen molar-refractivity contribution in [3.8, 4) is 11.5 Å². The van der Waals surface area contributed by atoms with E-state index in [4.69, 9.17) is 33.3 Å². The normalized spacial score (nSPS) is 11.0. The molecule has 4 nitrogen and oxygen atoms in total. The summed E-state index contributed by atoms with van der Waals surface area (Å²) < 4.78 is 49.7. The molecular weight excluding hydrogens is 377 g/mol. The number of hydrogen-bond acceptors (Lipinski definition) is 3. The number of benzene rings is 2. The van der Waals surface area contributed by atoms with E-state index in [1.165, 1.54) is 26.4 Å². The van der Waals surface area contributed by atoms with Gasteiger partial charge in [-0.1, -0.05) is 11.6 Å². The third-order valence-electron chi connectivity index (χ3n) is 3.19. The minimum absolute atomic E-state index is 0.0220. The van der Waals surface area contributed by atoms with Crippen molar-refractivity contribution in [1.82, 2.24) is 0 Å². The number of ether oxygens (including phenoxy) is 2. The Morgan fingerprint density at radius 2 is 1.68 bits per heavy atom. The summed E-state index contributed by atoms with van der Waals surface area (Å²) in [6.45, 7) is 0. The van der Waals surface area contributed by atoms with Crippen LogP contribution in [-0.2, 0) is 6.18 Å². The first-order chi connectivity index (χ1) is 11.7. The molecule has 2 rings (SSSR count). The molecule has 2 aromatic carbocycles. The van der Waals surface area contributed by atoms with Gasteiger partial charge in [0.1, 0.15) is 11.5 Å². The maximum Gasteiger partial charge on any atom is 0.418 e. The van der Waals surface area contributed by atoms with Crippen LogP contribution >= 0.6 is 23.8 Å². The van der Waals surface area contributed by atoms with Crippen molar-refractivity contribution >= 4 is 40.3 Å². The van der Waals surface area contributed by atoms with Crippen LogP contribution < -0.4 is 20.1 Å². The van der Waals surface area contributed by atoms with E-state index in [0.29, 0.717) is 17.2 Å². The molecule has 0 heterocycles. The fraction of sp³-hybridized carbons (Fsp3) is 0.188. The van der Waals surface area contributed by atoms with Crippen LogP contribution in [0.25, 0.3) is 0 Å². The van der Waals surface area contributed by atoms with Crippen molar-refractivity contribution in [1.29, 1.82) is 0 Å². The highest BCUT2D eigenvalue weighted by Gasteiger charge is 2.34. The molecule has 0 amide bonds. The van der Waals surface area contributed by atoms with E-state index in [-0.39, 0.29) is 15.8 Å². The van der Waals surface area contributed by atoms with Gasteiger partial charge >= 0.3 is 6.18 Å². The molecule has 0 saturated heterocycles. The van der Waals surface area contributed by atoms with Crippen molar-refractivity contribution in [2.45, 2.75) is 6.18 Å². The molecule has 0 aliphatic rings. The third-order valence-corrected chi connectivity index (χ3v) is 3.63. The Labute approximate surface area is 152 Å². The molecule has 0 radical (unpaired) electrons. The fourth-order valence-electron chi connectivity index (χ4n) is 2.05. The van der Waals surface area contributed by atoms with E-state index in [1.54, 1.807) is 18.2 Å². The largest absolute Gasteiger partial charge is 0.497 e. The summed E-state index contributed by atoms with van der Waals surface area (Å²) in [5.74, 6) is 0.991. The number of methoxy groups -OCH3 is 2. The Morgan fingerprint density at radius 1 is 1.00 bits per heavy atom. The zero-order chi connectivity index (χ0) is 18.6. The third kappa shape index (κ3) is 4.90. The molecule has 2 N–H and O–H groups in total. The smallest absolute Gasteiger partial charge is 0.418 e. The number of halogens is 4. The van der Waals surface area contributed by atoms with E-state index in [0.717, 1.165) is 6.07 Å². The summed E-state index contributed by atoms with van der Waals surface area (Å²) in [6.07, 6.45) is -4.57. The minimum atomic E-state index is -4.57. The lowest BCUT2D eigenvalue weighted by Gasteiger charge is -2.17. The van der Waals surface area contributed by atoms with E-state index in [1.807, 2.05) is 0 Å². The molecular formula is C16H14ClF3N2O2S. The number of thiocarbonyl (C=S) groups is 1. The van der Waals surface area contributed by atoms with Gasteiger partial charge in [0.05, 0.1) is 31.2 Å². The Bertz CT molecular complexity index is 784. The molecule has 0 atom stereocenters. The van der Waals surface area contributed by atoms with Gasteiger partial charge in [-0.15, -0.1) is 0 Å². The standard InChI is InChI=1S/C16H14ClF3N2O2S/c1-23-10-4-6-14(24-2)13(8-10)22-15(25)21-12-5-3-9(17)7-11(12)16(18,19)20/h3-8H,1-2H3,(H2,21,22,25). The van der Waals surface area contributed by atoms with Gasteiger partial charge in [-0.2, -0.15) is 13.2 Å². The number of hydrogen-bond donors (Lipinski definition) is 2. The second-order valence-corrected chi connectivity index (χ2v) is 5.68. The van der Waals surface area contributed by atoms with Crippen molar-refractivity contribution < 1.29 is 22.6 Å². The maximum absolute atomic E-state index is 13.1. The van der Waals surface area contributed by atoms with Gasteiger partial charge < -0.3 is 20.1 Å². The van der Waals surface area contributed by atoms with Crippen molar-refractivity contribution in [2.24, 2.45) is 0 Å². The molecule has 25 heavy (non-hydrogen) atoms. The van der Waals surface area contributed by atoms with E-state index in [9.17, 15) is 13.2 Å². The molecule has 9 heteroatoms. The minimum Gasteiger partial charge on any atom is -0.497 e. The second-order valence-electron chi connectivity index (χ2n) is 4.83. The van der Waals surface area contributed by atoms with Crippen LogP contribution in [-0.4, -0.2) is 19.3 Å². The van der Waals surface area contributed by atoms with Gasteiger partial charge in [0, 0.05) is 11.1 Å². The summed E-state index contributed by atoms with van der Waals surface area (Å²) >= 11 is 10.8. The number of nitrogens with one attached hydrogen (secondary N) is 2. The van der Waals surface area contributed by atoms with Gasteiger partial charge in [0.25, 0.3) is 0 Å². The summed E-state index contributed by atoms with van der Waals surface area (Å²) in [4.78, 5) is 0. The highest BCUT2D eigenvalue weighted by molar-refractivity contribution is 7.80. The van der Waals surface area contributed by atoms with Gasteiger partial charge in [-0.05, 0) is 42.5 Å². The zero-order valence-electron chi connectivity index (χ0n) is 13.2. The van der Waals surface area contributed by atoms with Gasteiger partial charge in [-0.3, -0.25) is 0 Å². The lowest BCUT2D eigenvalue weighted by atomic mass is 10.1. The van der Waals surface area contributed by atoms with E-state index in [2.05, 4.69) is 10.6 Å². The second kappa shape index (κ2) is 7.79. The summed E-state index contributed by atoms with van der Waals surface area (Å²) in [7, 11) is 2.95. The van der Waals surface area contributed by atoms with E-state index < -0.39 is 11.7 Å². The Balaban J connectivity index is 2.24. The van der Waals surface area contributed by atoms with Crippen molar-refractivity contribution in [3.63, 3.8) is 0 Å². The van der Waals surface area contributed by atoms with Gasteiger partial charge in [-0.25, -0.2) is 0 Å². The lowest BCUT2D eigenvalue weighted by Crippen LogP contribution is -2.22. The lowest BCUT2D eigenvalue weighted by molar-refractivity contribution is -0.136. The van der Waals surface area contributed by atoms with E-state index >= 15 is 0 Å². The predicted molar refractivity (Wildman–Crippen MR) is 95.8 cm³/mol. The molecule has 0 unspecified atom stereocenters. The number of anilines is 2. The summed E-state index contributed by atoms with van der Waals surface area (Å²) in [5, 5.41) is 5.26. The topological polar surface area (TPSA) is 42.5 Å². The van der Waals surface area contributed by atoms with Crippen LogP contribution in [0.3, 0.4) is 0 Å². The van der Waals surface area contributed by atoms with Crippen LogP contribution in [0.15, 0.2) is 36.4 Å². The predicted octanol–water partition coefficient (Wildman–Crippen LogP) is 5.18. The quantitative estimate of drug-likeness (QED) is 0.704. The molecule has 0 fully saturated rings. The average molecular weight is 391 g/mol. The first kappa shape index (κ1) is 19.1. The Hall–Kier alpha value is -2.19. The average Bonchev–Trinajstić information content (AvgIpc) is 2.55. The van der Waals surface area contributed by atoms with Crippen molar-refractivity contribution in [3.05, 3.63) is 47.0 Å². The molecule has 0 spiro atoms. The Morgan fingerprint density at radius 3 is 2.28 bits per heavy atom. The van der Waals surface area contributed by atoms with Crippen LogP contribution in [0.4, 0.5) is 24.5 Å². The molecule has 2 aromatic rings. The maximum atomic E-state index is 13.1. The van der Waals surface area contributed by atoms with Gasteiger partial charge in [0.15, 0.2) is 5.11 Å². The fourth-order valence-corrected chi connectivity index (χ4v) is 2.44.